The highest BCUT2D eigenvalue weighted by Gasteiger charge is 2.36. The average Bonchev–Trinajstić information content (AvgIpc) is 2.90. The molecule has 2 amide bonds. The van der Waals surface area contributed by atoms with Crippen LogP contribution in [-0.2, 0) is 9.59 Å². The van der Waals surface area contributed by atoms with Crippen molar-refractivity contribution in [3.05, 3.63) is 41.8 Å². The number of aromatic nitrogens is 1. The topological polar surface area (TPSA) is 71.5 Å². The van der Waals surface area contributed by atoms with Gasteiger partial charge < -0.3 is 15.0 Å². The number of hydrogen-bond donors (Lipinski definition) is 1. The van der Waals surface area contributed by atoms with Crippen molar-refractivity contribution in [2.75, 3.05) is 25.0 Å². The molecule has 0 unspecified atom stereocenters. The van der Waals surface area contributed by atoms with Crippen LogP contribution in [0.2, 0.25) is 0 Å². The van der Waals surface area contributed by atoms with Gasteiger partial charge in [-0.05, 0) is 36.7 Å². The first kappa shape index (κ1) is 16.4. The van der Waals surface area contributed by atoms with E-state index in [2.05, 4.69) is 9.69 Å². The second-order valence-corrected chi connectivity index (χ2v) is 6.34. The number of ether oxygens (including phenoxy) is 1. The molecule has 0 atom stereocenters. The van der Waals surface area contributed by atoms with E-state index in [4.69, 9.17) is 4.74 Å². The molecule has 1 N–H and O–H groups in total. The fraction of sp³-hybridized carbons (Fsp3) is 0.312. The van der Waals surface area contributed by atoms with Gasteiger partial charge in [0.15, 0.2) is 18.2 Å². The Kier molecular flexibility index (Phi) is 4.75. The van der Waals surface area contributed by atoms with Crippen LogP contribution in [-0.4, -0.2) is 40.8 Å². The first-order valence-corrected chi connectivity index (χ1v) is 8.19. The van der Waals surface area contributed by atoms with Gasteiger partial charge in [-0.3, -0.25) is 9.59 Å². The third kappa shape index (κ3) is 3.70. The van der Waals surface area contributed by atoms with Gasteiger partial charge in [-0.2, -0.15) is 4.37 Å². The lowest BCUT2D eigenvalue weighted by Gasteiger charge is -2.37. The summed E-state index contributed by atoms with van der Waals surface area (Å²) in [5.74, 6) is -1.11. The molecule has 0 bridgehead atoms. The lowest BCUT2D eigenvalue weighted by atomic mass is 9.99. The third-order valence-electron chi connectivity index (χ3n) is 3.67. The van der Waals surface area contributed by atoms with Gasteiger partial charge in [0.2, 0.25) is 5.91 Å². The van der Waals surface area contributed by atoms with Crippen molar-refractivity contribution in [1.29, 1.82) is 0 Å². The molecule has 1 fully saturated rings. The van der Waals surface area contributed by atoms with E-state index < -0.39 is 5.82 Å². The second-order valence-electron chi connectivity index (χ2n) is 5.54. The molecule has 24 heavy (non-hydrogen) atoms. The molecule has 0 aliphatic carbocycles. The van der Waals surface area contributed by atoms with Gasteiger partial charge in [0, 0.05) is 13.1 Å². The van der Waals surface area contributed by atoms with Crippen molar-refractivity contribution in [2.24, 2.45) is 5.92 Å². The second kappa shape index (κ2) is 6.96. The van der Waals surface area contributed by atoms with Crippen molar-refractivity contribution in [3.63, 3.8) is 0 Å². The van der Waals surface area contributed by atoms with Crippen LogP contribution in [0.1, 0.15) is 5.69 Å². The molecule has 1 aliphatic heterocycles. The fourth-order valence-corrected chi connectivity index (χ4v) is 2.95. The van der Waals surface area contributed by atoms with E-state index in [0.29, 0.717) is 18.1 Å². The smallest absolute Gasteiger partial charge is 0.260 e. The number of para-hydroxylation sites is 1. The molecule has 8 heteroatoms. The summed E-state index contributed by atoms with van der Waals surface area (Å²) in [6.07, 6.45) is 0. The van der Waals surface area contributed by atoms with E-state index in [1.54, 1.807) is 18.2 Å². The van der Waals surface area contributed by atoms with E-state index in [9.17, 15) is 14.0 Å². The number of carbonyl (C=O) groups is 2. The minimum absolute atomic E-state index is 0.0428. The van der Waals surface area contributed by atoms with Gasteiger partial charge in [-0.15, -0.1) is 0 Å². The SMILES string of the molecule is Cc1cc(NC(=O)C2CN(C(=O)COc3ccccc3F)C2)sn1. The van der Waals surface area contributed by atoms with E-state index >= 15 is 0 Å². The number of halogens is 1. The van der Waals surface area contributed by atoms with Crippen LogP contribution in [0.15, 0.2) is 30.3 Å². The number of anilines is 1. The Balaban J connectivity index is 1.43. The number of rotatable bonds is 5. The Hall–Kier alpha value is -2.48. The van der Waals surface area contributed by atoms with Crippen LogP contribution in [0.25, 0.3) is 0 Å². The van der Waals surface area contributed by atoms with Crippen molar-refractivity contribution in [3.8, 4) is 5.75 Å². The summed E-state index contributed by atoms with van der Waals surface area (Å²) < 4.78 is 22.7. The minimum atomic E-state index is -0.508. The Morgan fingerprint density at radius 3 is 2.83 bits per heavy atom. The third-order valence-corrected chi connectivity index (χ3v) is 4.46. The Morgan fingerprint density at radius 1 is 1.42 bits per heavy atom. The number of nitrogens with zero attached hydrogens (tertiary/aromatic N) is 2. The normalized spacial score (nSPS) is 14.2. The number of carbonyl (C=O) groups excluding carboxylic acids is 2. The summed E-state index contributed by atoms with van der Waals surface area (Å²) >= 11 is 1.23. The van der Waals surface area contributed by atoms with Gasteiger partial charge in [0.1, 0.15) is 5.00 Å². The molecule has 0 radical (unpaired) electrons. The molecular weight excluding hydrogens is 333 g/mol. The maximum Gasteiger partial charge on any atom is 0.260 e. The van der Waals surface area contributed by atoms with E-state index in [1.165, 1.54) is 28.6 Å². The standard InChI is InChI=1S/C16H16FN3O3S/c1-10-6-14(24-19-10)18-16(22)11-7-20(8-11)15(21)9-23-13-5-3-2-4-12(13)17/h2-6,11H,7-9H2,1H3,(H,18,22). The predicted octanol–water partition coefficient (Wildman–Crippen LogP) is 2.07. The molecule has 0 saturated carbocycles. The monoisotopic (exact) mass is 349 g/mol. The number of amides is 2. The zero-order valence-electron chi connectivity index (χ0n) is 13.0. The minimum Gasteiger partial charge on any atom is -0.481 e. The van der Waals surface area contributed by atoms with Crippen LogP contribution < -0.4 is 10.1 Å². The van der Waals surface area contributed by atoms with E-state index in [-0.39, 0.29) is 30.1 Å². The molecule has 3 rings (SSSR count). The first-order valence-electron chi connectivity index (χ1n) is 7.42. The number of likely N-dealkylation sites (tertiary alicyclic amines) is 1. The van der Waals surface area contributed by atoms with Gasteiger partial charge >= 0.3 is 0 Å². The molecule has 1 aromatic heterocycles. The first-order chi connectivity index (χ1) is 11.5. The van der Waals surface area contributed by atoms with Crippen molar-refractivity contribution < 1.29 is 18.7 Å². The Morgan fingerprint density at radius 2 is 2.17 bits per heavy atom. The maximum atomic E-state index is 13.4. The van der Waals surface area contributed by atoms with Crippen LogP contribution in [0.4, 0.5) is 9.39 Å². The molecule has 0 spiro atoms. The molecule has 2 heterocycles. The average molecular weight is 349 g/mol. The van der Waals surface area contributed by atoms with Crippen LogP contribution in [0.5, 0.6) is 5.75 Å². The number of nitrogens with one attached hydrogen (secondary N) is 1. The summed E-state index contributed by atoms with van der Waals surface area (Å²) in [6, 6.07) is 7.71. The molecule has 1 saturated heterocycles. The van der Waals surface area contributed by atoms with Gasteiger partial charge in [-0.1, -0.05) is 12.1 Å². The number of benzene rings is 1. The van der Waals surface area contributed by atoms with Crippen LogP contribution in [0, 0.1) is 18.7 Å². The summed E-state index contributed by atoms with van der Waals surface area (Å²) in [5, 5.41) is 3.49. The summed E-state index contributed by atoms with van der Waals surface area (Å²) in [7, 11) is 0. The lowest BCUT2D eigenvalue weighted by molar-refractivity contribution is -0.143. The summed E-state index contributed by atoms with van der Waals surface area (Å²) in [5.41, 5.74) is 0.853. The van der Waals surface area contributed by atoms with E-state index in [1.807, 2.05) is 6.92 Å². The molecule has 126 valence electrons. The number of aryl methyl sites for hydroxylation is 1. The van der Waals surface area contributed by atoms with Gasteiger partial charge in [0.25, 0.3) is 5.91 Å². The largest absolute Gasteiger partial charge is 0.481 e. The lowest BCUT2D eigenvalue weighted by Crippen LogP contribution is -2.55. The predicted molar refractivity (Wildman–Crippen MR) is 87.4 cm³/mol. The molecule has 6 nitrogen and oxygen atoms in total. The zero-order valence-corrected chi connectivity index (χ0v) is 13.8. The van der Waals surface area contributed by atoms with Crippen LogP contribution >= 0.6 is 11.5 Å². The summed E-state index contributed by atoms with van der Waals surface area (Å²) in [4.78, 5) is 25.5. The van der Waals surface area contributed by atoms with Crippen molar-refractivity contribution in [1.82, 2.24) is 9.27 Å². The molecule has 1 aromatic carbocycles. The fourth-order valence-electron chi connectivity index (χ4n) is 2.29. The van der Waals surface area contributed by atoms with Crippen LogP contribution in [0.3, 0.4) is 0 Å². The van der Waals surface area contributed by atoms with Gasteiger partial charge in [0.05, 0.1) is 11.6 Å². The Bertz CT molecular complexity index is 759. The van der Waals surface area contributed by atoms with E-state index in [0.717, 1.165) is 5.69 Å². The quantitative estimate of drug-likeness (QED) is 0.897. The molecule has 1 aliphatic rings. The Labute approximate surface area is 142 Å². The highest BCUT2D eigenvalue weighted by molar-refractivity contribution is 7.10. The zero-order chi connectivity index (χ0) is 17.1. The maximum absolute atomic E-state index is 13.4. The highest BCUT2D eigenvalue weighted by Crippen LogP contribution is 2.21. The molecule has 2 aromatic rings. The number of hydrogen-bond acceptors (Lipinski definition) is 5. The van der Waals surface area contributed by atoms with Crippen molar-refractivity contribution in [2.45, 2.75) is 6.92 Å². The highest BCUT2D eigenvalue weighted by atomic mass is 32.1. The summed E-state index contributed by atoms with van der Waals surface area (Å²) in [6.45, 7) is 2.28. The molecular formula is C16H16FN3O3S. The van der Waals surface area contributed by atoms with Gasteiger partial charge in [-0.25, -0.2) is 4.39 Å². The van der Waals surface area contributed by atoms with Crippen molar-refractivity contribution >= 4 is 28.3 Å².